The monoisotopic (exact) mass is 293 g/mol. The topological polar surface area (TPSA) is 74.2 Å². The molecule has 1 aliphatic rings. The van der Waals surface area contributed by atoms with Gasteiger partial charge in [-0.05, 0) is 25.9 Å². The Hall–Kier alpha value is -2.09. The Bertz CT molecular complexity index is 876. The molecule has 0 atom stereocenters. The second-order valence-electron chi connectivity index (χ2n) is 5.61. The molecular formula is C13H19N5O3. The molecule has 0 aliphatic carbocycles. The first-order chi connectivity index (χ1) is 9.93. The molecule has 1 fully saturated rings. The summed E-state index contributed by atoms with van der Waals surface area (Å²) >= 11 is 0. The zero-order chi connectivity index (χ0) is 15.3. The summed E-state index contributed by atoms with van der Waals surface area (Å²) in [6.07, 6.45) is 2.22. The Labute approximate surface area is 120 Å². The van der Waals surface area contributed by atoms with Crippen LogP contribution in [-0.4, -0.2) is 36.3 Å². The Kier molecular flexibility index (Phi) is 3.12. The lowest BCUT2D eigenvalue weighted by Gasteiger charge is -2.18. The molecule has 0 unspecified atom stereocenters. The van der Waals surface area contributed by atoms with Crippen molar-refractivity contribution in [3.05, 3.63) is 31.3 Å². The lowest BCUT2D eigenvalue weighted by Crippen LogP contribution is -2.41. The molecule has 2 aromatic heterocycles. The number of rotatable bonds is 2. The van der Waals surface area contributed by atoms with Crippen LogP contribution in [0.1, 0.15) is 12.8 Å². The summed E-state index contributed by atoms with van der Waals surface area (Å²) in [7, 11) is 4.59. The largest absolute Gasteiger partial charge is 0.333 e. The van der Waals surface area contributed by atoms with E-state index in [0.29, 0.717) is 12.3 Å². The predicted octanol–water partition coefficient (Wildman–Crippen LogP) is -1.21. The molecule has 1 aliphatic heterocycles. The number of aromatic nitrogens is 4. The summed E-state index contributed by atoms with van der Waals surface area (Å²) in [5.74, 6) is 0. The number of aryl methyl sites for hydroxylation is 2. The maximum Gasteiger partial charge on any atom is 0.333 e. The fourth-order valence-corrected chi connectivity index (χ4v) is 3.04. The van der Waals surface area contributed by atoms with E-state index in [9.17, 15) is 14.4 Å². The molecule has 21 heavy (non-hydrogen) atoms. The molecule has 0 radical (unpaired) electrons. The van der Waals surface area contributed by atoms with E-state index >= 15 is 0 Å². The lowest BCUT2D eigenvalue weighted by atomic mass is 10.4. The standard InChI is InChI=1S/C13H19N5O3/c1-14-9-10(15(2)12(14)20)18(8-17-6-4-5-7-17)13(21)16(3)11(9)19/h4-8H2,1-3H3. The average molecular weight is 293 g/mol. The smallest absolute Gasteiger partial charge is 0.289 e. The molecule has 3 heterocycles. The van der Waals surface area contributed by atoms with Gasteiger partial charge < -0.3 is 0 Å². The fourth-order valence-electron chi connectivity index (χ4n) is 3.04. The van der Waals surface area contributed by atoms with E-state index in [1.807, 2.05) is 0 Å². The molecular weight excluding hydrogens is 274 g/mol. The summed E-state index contributed by atoms with van der Waals surface area (Å²) in [6, 6.07) is 0. The van der Waals surface area contributed by atoms with Gasteiger partial charge in [0.05, 0.1) is 6.67 Å². The van der Waals surface area contributed by atoms with Gasteiger partial charge in [-0.1, -0.05) is 0 Å². The Balaban J connectivity index is 2.37. The second-order valence-corrected chi connectivity index (χ2v) is 5.61. The van der Waals surface area contributed by atoms with Crippen LogP contribution in [0.3, 0.4) is 0 Å². The highest BCUT2D eigenvalue weighted by atomic mass is 16.2. The number of hydrogen-bond acceptors (Lipinski definition) is 4. The van der Waals surface area contributed by atoms with Crippen LogP contribution in [0.25, 0.3) is 11.2 Å². The van der Waals surface area contributed by atoms with E-state index in [0.717, 1.165) is 30.5 Å². The molecule has 8 heteroatoms. The summed E-state index contributed by atoms with van der Waals surface area (Å²) < 4.78 is 5.26. The molecule has 8 nitrogen and oxygen atoms in total. The summed E-state index contributed by atoms with van der Waals surface area (Å²) in [6.45, 7) is 2.26. The minimum atomic E-state index is -0.437. The Morgan fingerprint density at radius 1 is 0.857 bits per heavy atom. The quantitative estimate of drug-likeness (QED) is 0.696. The molecule has 0 aromatic carbocycles. The van der Waals surface area contributed by atoms with Gasteiger partial charge in [-0.25, -0.2) is 9.59 Å². The van der Waals surface area contributed by atoms with Crippen molar-refractivity contribution in [3.63, 3.8) is 0 Å². The maximum absolute atomic E-state index is 12.4. The van der Waals surface area contributed by atoms with Crippen LogP contribution in [-0.2, 0) is 27.8 Å². The van der Waals surface area contributed by atoms with Crippen molar-refractivity contribution in [1.82, 2.24) is 23.2 Å². The number of hydrogen-bond donors (Lipinski definition) is 0. The molecule has 114 valence electrons. The van der Waals surface area contributed by atoms with Crippen molar-refractivity contribution in [2.75, 3.05) is 13.1 Å². The first kappa shape index (κ1) is 13.9. The van der Waals surface area contributed by atoms with E-state index in [1.165, 1.54) is 20.7 Å². The Morgan fingerprint density at radius 3 is 2.10 bits per heavy atom. The fraction of sp³-hybridized carbons (Fsp3) is 0.615. The van der Waals surface area contributed by atoms with Crippen molar-refractivity contribution in [2.24, 2.45) is 21.1 Å². The summed E-state index contributed by atoms with van der Waals surface area (Å²) in [4.78, 5) is 39.0. The van der Waals surface area contributed by atoms with Gasteiger partial charge in [-0.3, -0.25) is 28.0 Å². The Morgan fingerprint density at radius 2 is 1.48 bits per heavy atom. The van der Waals surface area contributed by atoms with Gasteiger partial charge in [0.2, 0.25) is 0 Å². The third-order valence-corrected chi connectivity index (χ3v) is 4.26. The number of likely N-dealkylation sites (tertiary alicyclic amines) is 1. The van der Waals surface area contributed by atoms with Crippen molar-refractivity contribution in [3.8, 4) is 0 Å². The van der Waals surface area contributed by atoms with E-state index in [-0.39, 0.29) is 16.9 Å². The van der Waals surface area contributed by atoms with Gasteiger partial charge in [0, 0.05) is 21.1 Å². The predicted molar refractivity (Wildman–Crippen MR) is 78.5 cm³/mol. The van der Waals surface area contributed by atoms with Gasteiger partial charge in [0.25, 0.3) is 5.56 Å². The van der Waals surface area contributed by atoms with Crippen LogP contribution in [0.5, 0.6) is 0 Å². The highest BCUT2D eigenvalue weighted by Crippen LogP contribution is 2.11. The maximum atomic E-state index is 12.4. The van der Waals surface area contributed by atoms with E-state index in [2.05, 4.69) is 4.90 Å². The molecule has 0 N–H and O–H groups in total. The molecule has 0 spiro atoms. The number of nitrogens with zero attached hydrogens (tertiary/aromatic N) is 5. The zero-order valence-electron chi connectivity index (χ0n) is 12.5. The molecule has 2 aromatic rings. The van der Waals surface area contributed by atoms with Crippen molar-refractivity contribution in [2.45, 2.75) is 19.5 Å². The molecule has 3 rings (SSSR count). The van der Waals surface area contributed by atoms with Crippen LogP contribution in [0, 0.1) is 0 Å². The van der Waals surface area contributed by atoms with Crippen molar-refractivity contribution < 1.29 is 0 Å². The van der Waals surface area contributed by atoms with Crippen molar-refractivity contribution in [1.29, 1.82) is 0 Å². The van der Waals surface area contributed by atoms with Crippen LogP contribution >= 0.6 is 0 Å². The lowest BCUT2D eigenvalue weighted by molar-refractivity contribution is 0.265. The summed E-state index contributed by atoms with van der Waals surface area (Å²) in [5.41, 5.74) is -0.470. The molecule has 0 amide bonds. The van der Waals surface area contributed by atoms with Crippen molar-refractivity contribution >= 4 is 11.2 Å². The van der Waals surface area contributed by atoms with Crippen LogP contribution in [0.2, 0.25) is 0 Å². The normalized spacial score (nSPS) is 16.1. The van der Waals surface area contributed by atoms with E-state index in [1.54, 1.807) is 14.1 Å². The second kappa shape index (κ2) is 4.73. The van der Waals surface area contributed by atoms with Gasteiger partial charge in [0.15, 0.2) is 11.2 Å². The summed E-state index contributed by atoms with van der Waals surface area (Å²) in [5, 5.41) is 0. The number of fused-ring (bicyclic) bond motifs is 1. The first-order valence-corrected chi connectivity index (χ1v) is 7.01. The van der Waals surface area contributed by atoms with Gasteiger partial charge >= 0.3 is 11.4 Å². The van der Waals surface area contributed by atoms with E-state index in [4.69, 9.17) is 0 Å². The third-order valence-electron chi connectivity index (χ3n) is 4.26. The van der Waals surface area contributed by atoms with E-state index < -0.39 is 5.56 Å². The first-order valence-electron chi connectivity index (χ1n) is 7.01. The van der Waals surface area contributed by atoms with Crippen LogP contribution < -0.4 is 16.9 Å². The average Bonchev–Trinajstić information content (AvgIpc) is 3.04. The molecule has 0 bridgehead atoms. The SMILES string of the molecule is Cn1c(=O)c2c(n(C)c(=O)n2C)n(CN2CCCC2)c1=O. The highest BCUT2D eigenvalue weighted by Gasteiger charge is 2.21. The van der Waals surface area contributed by atoms with Gasteiger partial charge in [-0.15, -0.1) is 0 Å². The van der Waals surface area contributed by atoms with Crippen LogP contribution in [0.15, 0.2) is 14.4 Å². The third kappa shape index (κ3) is 1.90. The van der Waals surface area contributed by atoms with Crippen LogP contribution in [0.4, 0.5) is 0 Å². The minimum absolute atomic E-state index is 0.267. The molecule has 1 saturated heterocycles. The molecule has 0 saturated carbocycles. The minimum Gasteiger partial charge on any atom is -0.289 e. The number of imidazole rings is 1. The van der Waals surface area contributed by atoms with Gasteiger partial charge in [-0.2, -0.15) is 0 Å². The highest BCUT2D eigenvalue weighted by molar-refractivity contribution is 5.70. The zero-order valence-corrected chi connectivity index (χ0v) is 12.5. The van der Waals surface area contributed by atoms with Gasteiger partial charge in [0.1, 0.15) is 0 Å².